The van der Waals surface area contributed by atoms with Crippen LogP contribution < -0.4 is 20.3 Å². The number of rotatable bonds is 8. The smallest absolute Gasteiger partial charge is 0.267 e. The quantitative estimate of drug-likeness (QED) is 0.240. The van der Waals surface area contributed by atoms with E-state index in [0.717, 1.165) is 44.1 Å². The lowest BCUT2D eigenvalue weighted by Crippen LogP contribution is -2.60. The standard InChI is InChI=1S/C31H30F3N7O4S3/c32-21-4-2-5-22(33)28(21)48(44,45)40-23-6-1-3-20(25(23)34)26-27(46-30(39-26)41-18-7-8-19(41)14-35-13-18)24-9-10-36-29(38-24)37-17-11-31(12-17)15-47(42,43)16-31/h1-6,9-10,17-19,35,40H,7-8,11-16H2,(H,36,37,38). The summed E-state index contributed by atoms with van der Waals surface area (Å²) in [6.07, 6.45) is 4.94. The van der Waals surface area contributed by atoms with Gasteiger partial charge in [-0.15, -0.1) is 0 Å². The van der Waals surface area contributed by atoms with Gasteiger partial charge in [0, 0.05) is 48.4 Å². The highest BCUT2D eigenvalue weighted by Gasteiger charge is 2.56. The number of hydrogen-bond donors (Lipinski definition) is 3. The summed E-state index contributed by atoms with van der Waals surface area (Å²) in [5.41, 5.74) is 0.00563. The Labute approximate surface area is 279 Å². The van der Waals surface area contributed by atoms with Crippen molar-refractivity contribution >= 4 is 48.0 Å². The van der Waals surface area contributed by atoms with Gasteiger partial charge in [0.2, 0.25) is 5.95 Å². The second-order valence-corrected chi connectivity index (χ2v) is 17.7. The van der Waals surface area contributed by atoms with E-state index >= 15 is 4.39 Å². The predicted molar refractivity (Wildman–Crippen MR) is 176 cm³/mol. The third-order valence-electron chi connectivity index (χ3n) is 9.53. The SMILES string of the molecule is O=S1(=O)CC2(CC(Nc3nccc(-c4sc(N5C6CCC5CNC6)nc4-c4cccc(NS(=O)(=O)c5c(F)cccc5F)c4F)n3)C2)C1. The summed E-state index contributed by atoms with van der Waals surface area (Å²) in [6.45, 7) is 1.56. The molecule has 2 bridgehead atoms. The number of thiazole rings is 1. The number of sulfone groups is 1. The van der Waals surface area contributed by atoms with Gasteiger partial charge in [-0.05, 0) is 56.0 Å². The monoisotopic (exact) mass is 717 g/mol. The third-order valence-corrected chi connectivity index (χ3v) is 14.1. The summed E-state index contributed by atoms with van der Waals surface area (Å²) >= 11 is 1.35. The molecule has 1 saturated carbocycles. The number of hydrogen-bond acceptors (Lipinski definition) is 11. The van der Waals surface area contributed by atoms with E-state index in [-0.39, 0.29) is 46.3 Å². The van der Waals surface area contributed by atoms with E-state index in [4.69, 9.17) is 9.97 Å². The van der Waals surface area contributed by atoms with Gasteiger partial charge in [0.25, 0.3) is 10.0 Å². The lowest BCUT2D eigenvalue weighted by atomic mass is 9.67. The van der Waals surface area contributed by atoms with Crippen molar-refractivity contribution in [3.05, 3.63) is 66.1 Å². The van der Waals surface area contributed by atoms with Crippen LogP contribution in [0.15, 0.2) is 53.6 Å². The Morgan fingerprint density at radius 1 is 0.958 bits per heavy atom. The maximum absolute atomic E-state index is 16.3. The predicted octanol–water partition coefficient (Wildman–Crippen LogP) is 4.41. The summed E-state index contributed by atoms with van der Waals surface area (Å²) in [5.74, 6) is -2.83. The van der Waals surface area contributed by atoms with Crippen molar-refractivity contribution in [2.24, 2.45) is 5.41 Å². The molecule has 4 fully saturated rings. The Balaban J connectivity index is 1.15. The van der Waals surface area contributed by atoms with Crippen LogP contribution in [0.25, 0.3) is 21.8 Å². The molecule has 3 aliphatic heterocycles. The van der Waals surface area contributed by atoms with Crippen molar-refractivity contribution < 1.29 is 30.0 Å². The van der Waals surface area contributed by atoms with Gasteiger partial charge < -0.3 is 15.5 Å². The van der Waals surface area contributed by atoms with Crippen molar-refractivity contribution in [2.75, 3.05) is 39.5 Å². The van der Waals surface area contributed by atoms with Gasteiger partial charge in [-0.3, -0.25) is 4.72 Å². The highest BCUT2D eigenvalue weighted by molar-refractivity contribution is 7.93. The molecule has 2 atom stereocenters. The summed E-state index contributed by atoms with van der Waals surface area (Å²) in [4.78, 5) is 15.6. The topological polar surface area (TPSA) is 146 Å². The van der Waals surface area contributed by atoms with E-state index in [1.807, 2.05) is 4.72 Å². The van der Waals surface area contributed by atoms with E-state index in [2.05, 4.69) is 20.5 Å². The van der Waals surface area contributed by atoms with Crippen LogP contribution in [0.5, 0.6) is 0 Å². The Morgan fingerprint density at radius 3 is 2.33 bits per heavy atom. The average Bonchev–Trinajstić information content (AvgIpc) is 3.53. The molecule has 4 aromatic rings. The van der Waals surface area contributed by atoms with Gasteiger partial charge in [-0.2, -0.15) is 0 Å². The van der Waals surface area contributed by atoms with Crippen LogP contribution >= 0.6 is 11.3 Å². The van der Waals surface area contributed by atoms with Gasteiger partial charge in [0.15, 0.2) is 25.7 Å². The van der Waals surface area contributed by atoms with Crippen LogP contribution in [0.3, 0.4) is 0 Å². The highest BCUT2D eigenvalue weighted by Crippen LogP contribution is 2.51. The Kier molecular flexibility index (Phi) is 7.46. The number of benzene rings is 2. The fourth-order valence-electron chi connectivity index (χ4n) is 7.55. The van der Waals surface area contributed by atoms with Crippen LogP contribution in [-0.4, -0.2) is 74.5 Å². The molecular weight excluding hydrogens is 688 g/mol. The van der Waals surface area contributed by atoms with Crippen molar-refractivity contribution in [3.63, 3.8) is 0 Å². The molecule has 5 heterocycles. The Morgan fingerprint density at radius 2 is 1.65 bits per heavy atom. The minimum absolute atomic E-state index is 0.0187. The number of nitrogens with zero attached hydrogens (tertiary/aromatic N) is 4. The highest BCUT2D eigenvalue weighted by atomic mass is 32.2. The second kappa shape index (κ2) is 11.4. The number of anilines is 3. The van der Waals surface area contributed by atoms with Gasteiger partial charge >= 0.3 is 0 Å². The van der Waals surface area contributed by atoms with E-state index in [0.29, 0.717) is 34.5 Å². The van der Waals surface area contributed by atoms with Crippen LogP contribution in [0, 0.1) is 22.9 Å². The molecular formula is C31H30F3N7O4S3. The van der Waals surface area contributed by atoms with E-state index in [9.17, 15) is 25.6 Å². The second-order valence-electron chi connectivity index (χ2n) is 13.0. The number of halogens is 3. The molecule has 0 amide bonds. The lowest BCUT2D eigenvalue weighted by molar-refractivity contribution is 0.153. The zero-order chi connectivity index (χ0) is 33.4. The van der Waals surface area contributed by atoms with Gasteiger partial charge in [0.1, 0.15) is 11.6 Å². The van der Waals surface area contributed by atoms with Gasteiger partial charge in [0.05, 0.1) is 33.5 Å². The van der Waals surface area contributed by atoms with Crippen molar-refractivity contribution in [3.8, 4) is 21.8 Å². The van der Waals surface area contributed by atoms with Gasteiger partial charge in [-0.25, -0.2) is 45.0 Å². The molecule has 1 spiro atoms. The molecule has 252 valence electrons. The molecule has 17 heteroatoms. The van der Waals surface area contributed by atoms with Crippen molar-refractivity contribution in [1.82, 2.24) is 20.3 Å². The molecule has 2 aromatic carbocycles. The Bertz CT molecular complexity index is 2110. The van der Waals surface area contributed by atoms with Crippen LogP contribution in [0.4, 0.5) is 29.9 Å². The number of fused-ring (bicyclic) bond motifs is 2. The van der Waals surface area contributed by atoms with E-state index in [1.54, 1.807) is 12.3 Å². The van der Waals surface area contributed by atoms with Crippen LogP contribution in [0.2, 0.25) is 0 Å². The maximum atomic E-state index is 16.3. The molecule has 2 unspecified atom stereocenters. The molecule has 8 rings (SSSR count). The number of sulfonamides is 1. The molecule has 2 aromatic heterocycles. The van der Waals surface area contributed by atoms with Crippen molar-refractivity contribution in [2.45, 2.75) is 48.7 Å². The van der Waals surface area contributed by atoms with Crippen LogP contribution in [-0.2, 0) is 19.9 Å². The third kappa shape index (κ3) is 5.49. The molecule has 1 aliphatic carbocycles. The number of nitrogens with one attached hydrogen (secondary N) is 3. The van der Waals surface area contributed by atoms with Gasteiger partial charge in [-0.1, -0.05) is 23.5 Å². The molecule has 4 aliphatic rings. The summed E-state index contributed by atoms with van der Waals surface area (Å²) in [5, 5.41) is 7.41. The lowest BCUT2D eigenvalue weighted by Gasteiger charge is -2.53. The number of aromatic nitrogens is 3. The Hall–Kier alpha value is -3.80. The molecule has 11 nitrogen and oxygen atoms in total. The first-order valence-electron chi connectivity index (χ1n) is 15.5. The first-order valence-corrected chi connectivity index (χ1v) is 19.6. The molecule has 48 heavy (non-hydrogen) atoms. The fraction of sp³-hybridized carbons (Fsp3) is 0.387. The first-order chi connectivity index (χ1) is 22.9. The molecule has 3 saturated heterocycles. The van der Waals surface area contributed by atoms with Crippen LogP contribution in [0.1, 0.15) is 25.7 Å². The first kappa shape index (κ1) is 31.5. The fourth-order valence-corrected chi connectivity index (χ4v) is 12.2. The summed E-state index contributed by atoms with van der Waals surface area (Å²) in [7, 11) is -7.78. The summed E-state index contributed by atoms with van der Waals surface area (Å²) in [6, 6.07) is 8.84. The zero-order valence-electron chi connectivity index (χ0n) is 25.3. The minimum Gasteiger partial charge on any atom is -0.351 e. The minimum atomic E-state index is -4.84. The molecule has 0 radical (unpaired) electrons. The molecule has 3 N–H and O–H groups in total. The van der Waals surface area contributed by atoms with E-state index < -0.39 is 47.9 Å². The summed E-state index contributed by atoms with van der Waals surface area (Å²) < 4.78 is 96.7. The van der Waals surface area contributed by atoms with Crippen molar-refractivity contribution in [1.29, 1.82) is 0 Å². The van der Waals surface area contributed by atoms with E-state index in [1.165, 1.54) is 29.5 Å². The maximum Gasteiger partial charge on any atom is 0.267 e. The number of piperazine rings is 1. The zero-order valence-corrected chi connectivity index (χ0v) is 27.7. The normalized spacial score (nSPS) is 22.7. The average molecular weight is 718 g/mol. The largest absolute Gasteiger partial charge is 0.351 e.